The van der Waals surface area contributed by atoms with Crippen molar-refractivity contribution in [2.24, 2.45) is 0 Å². The molecule has 0 unspecified atom stereocenters. The summed E-state index contributed by atoms with van der Waals surface area (Å²) in [6.45, 7) is 0. The van der Waals surface area contributed by atoms with E-state index in [9.17, 15) is 4.39 Å². The van der Waals surface area contributed by atoms with E-state index in [0.717, 1.165) is 6.07 Å². The number of benzene rings is 1. The van der Waals surface area contributed by atoms with E-state index in [2.05, 4.69) is 0 Å². The van der Waals surface area contributed by atoms with Gasteiger partial charge >= 0.3 is 0 Å². The van der Waals surface area contributed by atoms with E-state index >= 15 is 0 Å². The maximum atomic E-state index is 12.3. The highest BCUT2D eigenvalue weighted by molar-refractivity contribution is 5.43. The zero-order chi connectivity index (χ0) is 7.72. The van der Waals surface area contributed by atoms with Gasteiger partial charge in [0.05, 0.1) is 0 Å². The molecule has 4 heteroatoms. The van der Waals surface area contributed by atoms with E-state index in [1.54, 1.807) is 0 Å². The van der Waals surface area contributed by atoms with Gasteiger partial charge in [-0.2, -0.15) is 0 Å². The molecule has 1 aromatic carbocycles. The van der Waals surface area contributed by atoms with Gasteiger partial charge in [-0.05, 0) is 0 Å². The number of phenolic OH excluding ortho intramolecular Hbond substituents is 3. The Bertz CT molecular complexity index is 236. The third-order valence-corrected chi connectivity index (χ3v) is 1.03. The summed E-state index contributed by atoms with van der Waals surface area (Å²) in [4.78, 5) is 0. The third kappa shape index (κ3) is 0.953. The maximum absolute atomic E-state index is 12.3. The lowest BCUT2D eigenvalue weighted by Gasteiger charge is -1.98. The average Bonchev–Trinajstić information content (AvgIpc) is 1.82. The van der Waals surface area contributed by atoms with Crippen molar-refractivity contribution in [3.05, 3.63) is 17.9 Å². The van der Waals surface area contributed by atoms with Crippen molar-refractivity contribution in [2.45, 2.75) is 0 Å². The Morgan fingerprint density at radius 1 is 1.10 bits per heavy atom. The van der Waals surface area contributed by atoms with Gasteiger partial charge in [-0.25, -0.2) is 4.39 Å². The molecular formula is C6H5FO3. The first-order valence-corrected chi connectivity index (χ1v) is 2.51. The largest absolute Gasteiger partial charge is 0.508 e. The predicted octanol–water partition coefficient (Wildman–Crippen LogP) is 0.942. The van der Waals surface area contributed by atoms with Crippen LogP contribution in [0, 0.1) is 5.82 Å². The third-order valence-electron chi connectivity index (χ3n) is 1.03. The second-order valence-corrected chi connectivity index (χ2v) is 1.80. The van der Waals surface area contributed by atoms with Gasteiger partial charge in [-0.15, -0.1) is 0 Å². The molecule has 0 spiro atoms. The van der Waals surface area contributed by atoms with E-state index in [-0.39, 0.29) is 0 Å². The lowest BCUT2D eigenvalue weighted by Crippen LogP contribution is -1.76. The molecule has 0 saturated heterocycles. The number of hydrogen-bond donors (Lipinski definition) is 3. The summed E-state index contributed by atoms with van der Waals surface area (Å²) in [6, 6.07) is 1.55. The number of rotatable bonds is 0. The van der Waals surface area contributed by atoms with Crippen LogP contribution in [0.4, 0.5) is 4.39 Å². The Labute approximate surface area is 56.0 Å². The van der Waals surface area contributed by atoms with Crippen LogP contribution in [0.25, 0.3) is 0 Å². The average molecular weight is 144 g/mol. The van der Waals surface area contributed by atoms with Crippen LogP contribution in [0.15, 0.2) is 12.1 Å². The minimum atomic E-state index is -1.04. The van der Waals surface area contributed by atoms with Crippen molar-refractivity contribution in [3.8, 4) is 17.2 Å². The van der Waals surface area contributed by atoms with Crippen LogP contribution < -0.4 is 0 Å². The zero-order valence-electron chi connectivity index (χ0n) is 4.87. The summed E-state index contributed by atoms with van der Waals surface area (Å²) in [5.74, 6) is -2.99. The fraction of sp³-hybridized carbons (Fsp3) is 0. The van der Waals surface area contributed by atoms with E-state index < -0.39 is 23.1 Å². The Kier molecular flexibility index (Phi) is 1.37. The second-order valence-electron chi connectivity index (χ2n) is 1.80. The van der Waals surface area contributed by atoms with E-state index in [4.69, 9.17) is 15.3 Å². The van der Waals surface area contributed by atoms with Crippen LogP contribution in [0.1, 0.15) is 0 Å². The van der Waals surface area contributed by atoms with Crippen LogP contribution in [0.5, 0.6) is 17.2 Å². The molecule has 0 aromatic heterocycles. The molecule has 0 aliphatic carbocycles. The summed E-state index contributed by atoms with van der Waals surface area (Å²) in [6.07, 6.45) is 0. The predicted molar refractivity (Wildman–Crippen MR) is 31.4 cm³/mol. The highest BCUT2D eigenvalue weighted by Crippen LogP contribution is 2.31. The second kappa shape index (κ2) is 2.06. The molecule has 10 heavy (non-hydrogen) atoms. The minimum Gasteiger partial charge on any atom is -0.508 e. The number of aromatic hydroxyl groups is 3. The Balaban J connectivity index is 3.31. The lowest BCUT2D eigenvalue weighted by atomic mass is 10.3. The molecule has 0 bridgehead atoms. The van der Waals surface area contributed by atoms with Gasteiger partial charge in [-0.1, -0.05) is 0 Å². The van der Waals surface area contributed by atoms with Gasteiger partial charge in [0.15, 0.2) is 17.3 Å². The van der Waals surface area contributed by atoms with Crippen LogP contribution >= 0.6 is 0 Å². The highest BCUT2D eigenvalue weighted by atomic mass is 19.1. The van der Waals surface area contributed by atoms with Gasteiger partial charge < -0.3 is 15.3 Å². The summed E-state index contributed by atoms with van der Waals surface area (Å²) >= 11 is 0. The van der Waals surface area contributed by atoms with Crippen molar-refractivity contribution in [1.82, 2.24) is 0 Å². The van der Waals surface area contributed by atoms with Crippen molar-refractivity contribution >= 4 is 0 Å². The molecule has 0 amide bonds. The molecule has 0 heterocycles. The first kappa shape index (κ1) is 6.67. The van der Waals surface area contributed by atoms with E-state index in [0.29, 0.717) is 6.07 Å². The molecule has 0 atom stereocenters. The van der Waals surface area contributed by atoms with Crippen molar-refractivity contribution in [2.75, 3.05) is 0 Å². The molecule has 54 valence electrons. The molecule has 3 N–H and O–H groups in total. The SMILES string of the molecule is Oc1cc(O)c(O)c(F)c1. The molecule has 3 nitrogen and oxygen atoms in total. The fourth-order valence-electron chi connectivity index (χ4n) is 0.571. The first-order valence-electron chi connectivity index (χ1n) is 2.51. The van der Waals surface area contributed by atoms with Crippen molar-refractivity contribution in [1.29, 1.82) is 0 Å². The van der Waals surface area contributed by atoms with E-state index in [1.165, 1.54) is 0 Å². The fourth-order valence-corrected chi connectivity index (χ4v) is 0.571. The first-order chi connectivity index (χ1) is 4.61. The van der Waals surface area contributed by atoms with Gasteiger partial charge in [0.25, 0.3) is 0 Å². The zero-order valence-corrected chi connectivity index (χ0v) is 4.87. The van der Waals surface area contributed by atoms with Crippen LogP contribution in [0.2, 0.25) is 0 Å². The summed E-state index contributed by atoms with van der Waals surface area (Å²) in [5.41, 5.74) is 0. The highest BCUT2D eigenvalue weighted by Gasteiger charge is 2.06. The standard InChI is InChI=1S/C6H5FO3/c7-4-1-3(8)2-5(9)6(4)10/h1-2,8-10H. The molecular weight excluding hydrogens is 139 g/mol. The number of phenols is 3. The molecule has 0 radical (unpaired) electrons. The molecule has 0 saturated carbocycles. The van der Waals surface area contributed by atoms with Crippen LogP contribution in [0.3, 0.4) is 0 Å². The lowest BCUT2D eigenvalue weighted by molar-refractivity contribution is 0.371. The van der Waals surface area contributed by atoms with Gasteiger partial charge in [0.1, 0.15) is 5.75 Å². The van der Waals surface area contributed by atoms with Crippen molar-refractivity contribution < 1.29 is 19.7 Å². The summed E-state index contributed by atoms with van der Waals surface area (Å²) in [7, 11) is 0. The molecule has 0 fully saturated rings. The van der Waals surface area contributed by atoms with Crippen molar-refractivity contribution in [3.63, 3.8) is 0 Å². The Morgan fingerprint density at radius 2 is 1.70 bits per heavy atom. The van der Waals surface area contributed by atoms with Gasteiger partial charge in [-0.3, -0.25) is 0 Å². The Morgan fingerprint density at radius 3 is 2.20 bits per heavy atom. The molecule has 1 rings (SSSR count). The van der Waals surface area contributed by atoms with Crippen LogP contribution in [-0.4, -0.2) is 15.3 Å². The van der Waals surface area contributed by atoms with Gasteiger partial charge in [0.2, 0.25) is 0 Å². The number of hydrogen-bond acceptors (Lipinski definition) is 3. The smallest absolute Gasteiger partial charge is 0.194 e. The summed E-state index contributed by atoms with van der Waals surface area (Å²) in [5, 5.41) is 25.8. The van der Waals surface area contributed by atoms with E-state index in [1.807, 2.05) is 0 Å². The van der Waals surface area contributed by atoms with Gasteiger partial charge in [0, 0.05) is 12.1 Å². The molecule has 0 aliphatic rings. The normalized spacial score (nSPS) is 9.70. The molecule has 1 aromatic rings. The Hall–Kier alpha value is -1.45. The minimum absolute atomic E-state index is 0.423. The summed E-state index contributed by atoms with van der Waals surface area (Å²) < 4.78 is 12.3. The van der Waals surface area contributed by atoms with Crippen LogP contribution in [-0.2, 0) is 0 Å². The quantitative estimate of drug-likeness (QED) is 0.375. The maximum Gasteiger partial charge on any atom is 0.194 e. The number of halogens is 1. The monoisotopic (exact) mass is 144 g/mol. The molecule has 0 aliphatic heterocycles. The topological polar surface area (TPSA) is 60.7 Å².